The Balaban J connectivity index is 2.31. The molecule has 0 spiro atoms. The van der Waals surface area contributed by atoms with Gasteiger partial charge in [0.25, 0.3) is 0 Å². The third kappa shape index (κ3) is 3.15. The lowest BCUT2D eigenvalue weighted by molar-refractivity contribution is 0.202. The fourth-order valence-electron chi connectivity index (χ4n) is 2.52. The summed E-state index contributed by atoms with van der Waals surface area (Å²) in [5.41, 5.74) is 6.59. The van der Waals surface area contributed by atoms with Crippen molar-refractivity contribution in [3.63, 3.8) is 0 Å². The van der Waals surface area contributed by atoms with Gasteiger partial charge in [-0.2, -0.15) is 0 Å². The zero-order valence-corrected chi connectivity index (χ0v) is 12.4. The molecule has 1 unspecified atom stereocenters. The van der Waals surface area contributed by atoms with Crippen molar-refractivity contribution in [1.29, 1.82) is 0 Å². The molecule has 2 N–H and O–H groups in total. The minimum absolute atomic E-state index is 0.285. The van der Waals surface area contributed by atoms with Gasteiger partial charge in [-0.1, -0.05) is 0 Å². The van der Waals surface area contributed by atoms with Crippen molar-refractivity contribution in [1.82, 2.24) is 0 Å². The van der Waals surface area contributed by atoms with Crippen LogP contribution in [-0.2, 0) is 4.74 Å². The Bertz CT molecular complexity index is 463. The fraction of sp³-hybridized carbons (Fsp3) is 0.600. The molecule has 0 aliphatic heterocycles. The summed E-state index contributed by atoms with van der Waals surface area (Å²) in [5.74, 6) is 0.827. The molecule has 0 radical (unpaired) electrons. The number of nitrogen functional groups attached to an aromatic ring is 1. The van der Waals surface area contributed by atoms with Crippen molar-refractivity contribution in [2.75, 3.05) is 38.0 Å². The molecule has 1 aromatic rings. The van der Waals surface area contributed by atoms with Gasteiger partial charge in [0.1, 0.15) is 11.6 Å². The maximum atomic E-state index is 14.3. The van der Waals surface area contributed by atoms with Crippen LogP contribution >= 0.6 is 0 Å². The van der Waals surface area contributed by atoms with Gasteiger partial charge in [0.2, 0.25) is 0 Å². The number of benzene rings is 1. The molecule has 0 bridgehead atoms. The van der Waals surface area contributed by atoms with E-state index in [2.05, 4.69) is 11.8 Å². The highest BCUT2D eigenvalue weighted by molar-refractivity contribution is 5.63. The van der Waals surface area contributed by atoms with Gasteiger partial charge in [-0.15, -0.1) is 0 Å². The molecule has 112 valence electrons. The Morgan fingerprint density at radius 2 is 2.10 bits per heavy atom. The van der Waals surface area contributed by atoms with Crippen LogP contribution in [0.3, 0.4) is 0 Å². The lowest BCUT2D eigenvalue weighted by Crippen LogP contribution is -2.38. The molecule has 1 aliphatic carbocycles. The molecular formula is C15H23FN2O2. The molecule has 4 nitrogen and oxygen atoms in total. The largest absolute Gasteiger partial charge is 0.495 e. The maximum absolute atomic E-state index is 14.3. The maximum Gasteiger partial charge on any atom is 0.148 e. The van der Waals surface area contributed by atoms with E-state index >= 15 is 0 Å². The molecule has 0 heterocycles. The normalized spacial score (nSPS) is 16.0. The number of nitrogens with two attached hydrogens (primary N) is 1. The molecule has 0 saturated heterocycles. The summed E-state index contributed by atoms with van der Waals surface area (Å²) in [6.45, 7) is 3.34. The van der Waals surface area contributed by atoms with Gasteiger partial charge < -0.3 is 20.1 Å². The summed E-state index contributed by atoms with van der Waals surface area (Å²) in [6, 6.07) is 3.29. The second kappa shape index (κ2) is 6.31. The van der Waals surface area contributed by atoms with Crippen LogP contribution in [0.4, 0.5) is 15.8 Å². The second-order valence-corrected chi connectivity index (χ2v) is 5.31. The highest BCUT2D eigenvalue weighted by Gasteiger charge is 2.33. The number of methoxy groups -OCH3 is 2. The van der Waals surface area contributed by atoms with E-state index in [9.17, 15) is 4.39 Å². The summed E-state index contributed by atoms with van der Waals surface area (Å²) >= 11 is 0. The number of rotatable bonds is 7. The summed E-state index contributed by atoms with van der Waals surface area (Å²) in [4.78, 5) is 2.05. The number of halogens is 1. The summed E-state index contributed by atoms with van der Waals surface area (Å²) in [7, 11) is 3.19. The van der Waals surface area contributed by atoms with Crippen LogP contribution in [0.15, 0.2) is 12.1 Å². The molecule has 5 heteroatoms. The van der Waals surface area contributed by atoms with E-state index in [0.717, 1.165) is 0 Å². The topological polar surface area (TPSA) is 47.7 Å². The average molecular weight is 282 g/mol. The molecule has 2 rings (SSSR count). The summed E-state index contributed by atoms with van der Waals surface area (Å²) in [5, 5.41) is 0. The molecule has 1 atom stereocenters. The molecule has 1 saturated carbocycles. The minimum atomic E-state index is -0.313. The first-order valence-corrected chi connectivity index (χ1v) is 6.97. The fourth-order valence-corrected chi connectivity index (χ4v) is 2.52. The minimum Gasteiger partial charge on any atom is -0.495 e. The Morgan fingerprint density at radius 1 is 1.40 bits per heavy atom. The molecular weight excluding hydrogens is 259 g/mol. The van der Waals surface area contributed by atoms with Gasteiger partial charge in [0.05, 0.1) is 25.1 Å². The van der Waals surface area contributed by atoms with E-state index in [1.165, 1.54) is 26.0 Å². The van der Waals surface area contributed by atoms with Crippen LogP contribution in [0.5, 0.6) is 5.75 Å². The quantitative estimate of drug-likeness (QED) is 0.781. The summed E-state index contributed by atoms with van der Waals surface area (Å²) in [6.07, 6.45) is 2.41. The Morgan fingerprint density at radius 3 is 2.65 bits per heavy atom. The highest BCUT2D eigenvalue weighted by atomic mass is 19.1. The number of hydrogen-bond donors (Lipinski definition) is 1. The van der Waals surface area contributed by atoms with Crippen LogP contribution in [0.2, 0.25) is 0 Å². The van der Waals surface area contributed by atoms with Gasteiger partial charge in [-0.05, 0) is 25.7 Å². The van der Waals surface area contributed by atoms with Crippen molar-refractivity contribution < 1.29 is 13.9 Å². The van der Waals surface area contributed by atoms with Crippen molar-refractivity contribution in [2.24, 2.45) is 5.92 Å². The number of hydrogen-bond acceptors (Lipinski definition) is 4. The van der Waals surface area contributed by atoms with Gasteiger partial charge in [0, 0.05) is 31.8 Å². The third-order valence-electron chi connectivity index (χ3n) is 3.94. The van der Waals surface area contributed by atoms with Crippen molar-refractivity contribution in [3.8, 4) is 5.75 Å². The molecule has 1 aliphatic rings. The van der Waals surface area contributed by atoms with E-state index < -0.39 is 0 Å². The predicted octanol–water partition coefficient (Wildman–Crippen LogP) is 2.67. The lowest BCUT2D eigenvalue weighted by atomic mass is 10.1. The van der Waals surface area contributed by atoms with Crippen LogP contribution in [0.25, 0.3) is 0 Å². The van der Waals surface area contributed by atoms with Crippen LogP contribution in [-0.4, -0.2) is 33.4 Å². The van der Waals surface area contributed by atoms with Gasteiger partial charge in [-0.25, -0.2) is 4.39 Å². The number of ether oxygens (including phenoxy) is 2. The SMILES string of the molecule is COCCN(c1cc(OC)c(N)cc1F)C(C)C1CC1. The Kier molecular flexibility index (Phi) is 4.70. The first-order valence-electron chi connectivity index (χ1n) is 6.97. The van der Waals surface area contributed by atoms with E-state index in [-0.39, 0.29) is 11.9 Å². The lowest BCUT2D eigenvalue weighted by Gasteiger charge is -2.32. The standard InChI is InChI=1S/C15H23FN2O2/c1-10(11-4-5-11)18(6-7-19-2)14-9-15(20-3)13(17)8-12(14)16/h8-11H,4-7,17H2,1-3H3. The number of nitrogens with zero attached hydrogens (tertiary/aromatic N) is 1. The van der Waals surface area contributed by atoms with Crippen molar-refractivity contribution >= 4 is 11.4 Å². The Hall–Kier alpha value is -1.49. The van der Waals surface area contributed by atoms with Gasteiger partial charge in [-0.3, -0.25) is 0 Å². The average Bonchev–Trinajstić information content (AvgIpc) is 3.25. The monoisotopic (exact) mass is 282 g/mol. The van der Waals surface area contributed by atoms with E-state index in [1.54, 1.807) is 13.2 Å². The molecule has 20 heavy (non-hydrogen) atoms. The van der Waals surface area contributed by atoms with Crippen molar-refractivity contribution in [3.05, 3.63) is 17.9 Å². The molecule has 1 fully saturated rings. The zero-order valence-electron chi connectivity index (χ0n) is 12.4. The van der Waals surface area contributed by atoms with Crippen LogP contribution in [0.1, 0.15) is 19.8 Å². The van der Waals surface area contributed by atoms with E-state index in [0.29, 0.717) is 36.2 Å². The second-order valence-electron chi connectivity index (χ2n) is 5.31. The van der Waals surface area contributed by atoms with Crippen molar-refractivity contribution in [2.45, 2.75) is 25.8 Å². The van der Waals surface area contributed by atoms with Gasteiger partial charge >= 0.3 is 0 Å². The summed E-state index contributed by atoms with van der Waals surface area (Å²) < 4.78 is 24.6. The zero-order chi connectivity index (χ0) is 14.7. The Labute approximate surface area is 119 Å². The van der Waals surface area contributed by atoms with E-state index in [1.807, 2.05) is 0 Å². The van der Waals surface area contributed by atoms with Crippen LogP contribution < -0.4 is 15.4 Å². The van der Waals surface area contributed by atoms with Gasteiger partial charge in [0.15, 0.2) is 0 Å². The molecule has 1 aromatic carbocycles. The first-order chi connectivity index (χ1) is 9.58. The van der Waals surface area contributed by atoms with E-state index in [4.69, 9.17) is 15.2 Å². The van der Waals surface area contributed by atoms with Crippen LogP contribution in [0, 0.1) is 11.7 Å². The third-order valence-corrected chi connectivity index (χ3v) is 3.94. The number of anilines is 2. The molecule has 0 amide bonds. The molecule has 0 aromatic heterocycles. The predicted molar refractivity (Wildman–Crippen MR) is 78.8 cm³/mol. The highest BCUT2D eigenvalue weighted by Crippen LogP contribution is 2.39. The smallest absolute Gasteiger partial charge is 0.148 e. The first kappa shape index (κ1) is 14.9.